The van der Waals surface area contributed by atoms with Crippen LogP contribution in [0.2, 0.25) is 0 Å². The summed E-state index contributed by atoms with van der Waals surface area (Å²) in [6.07, 6.45) is 12.8. The molecule has 1 aromatic rings. The minimum Gasteiger partial charge on any atom is -0.469 e. The number of methoxy groups -OCH3 is 1. The van der Waals surface area contributed by atoms with Crippen LogP contribution in [-0.4, -0.2) is 37.0 Å². The predicted molar refractivity (Wildman–Crippen MR) is 115 cm³/mol. The number of carbonyl (C=O) groups is 2. The van der Waals surface area contributed by atoms with Crippen molar-refractivity contribution in [2.45, 2.75) is 84.0 Å². The van der Waals surface area contributed by atoms with Crippen molar-refractivity contribution in [1.29, 1.82) is 0 Å². The fraction of sp³-hybridized carbons (Fsp3) is 0.667. The second kappa shape index (κ2) is 16.1. The third-order valence-corrected chi connectivity index (χ3v) is 5.17. The zero-order valence-electron chi connectivity index (χ0n) is 18.0. The van der Waals surface area contributed by atoms with Gasteiger partial charge < -0.3 is 9.64 Å². The van der Waals surface area contributed by atoms with Gasteiger partial charge in [-0.1, -0.05) is 88.6 Å². The molecule has 1 aromatic carbocycles. The average Bonchev–Trinajstić information content (AvgIpc) is 2.72. The largest absolute Gasteiger partial charge is 0.469 e. The second-order valence-electron chi connectivity index (χ2n) is 7.52. The molecule has 0 spiro atoms. The van der Waals surface area contributed by atoms with Crippen molar-refractivity contribution in [2.24, 2.45) is 0 Å². The summed E-state index contributed by atoms with van der Waals surface area (Å²) < 4.78 is 4.73. The van der Waals surface area contributed by atoms with Crippen LogP contribution in [0.25, 0.3) is 0 Å². The Morgan fingerprint density at radius 1 is 0.821 bits per heavy atom. The molecule has 0 aliphatic carbocycles. The third kappa shape index (κ3) is 11.8. The third-order valence-electron chi connectivity index (χ3n) is 5.17. The van der Waals surface area contributed by atoms with E-state index in [2.05, 4.69) is 19.1 Å². The molecule has 0 heterocycles. The molecule has 0 bridgehead atoms. The van der Waals surface area contributed by atoms with Crippen molar-refractivity contribution in [3.8, 4) is 0 Å². The van der Waals surface area contributed by atoms with Crippen LogP contribution in [-0.2, 0) is 20.7 Å². The molecule has 158 valence electrons. The van der Waals surface area contributed by atoms with Crippen LogP contribution < -0.4 is 0 Å². The number of rotatable bonds is 16. The fourth-order valence-corrected chi connectivity index (χ4v) is 3.34. The molecule has 0 fully saturated rings. The summed E-state index contributed by atoms with van der Waals surface area (Å²) in [6.45, 7) is 3.33. The summed E-state index contributed by atoms with van der Waals surface area (Å²) >= 11 is 0. The topological polar surface area (TPSA) is 46.6 Å². The van der Waals surface area contributed by atoms with E-state index in [-0.39, 0.29) is 18.3 Å². The van der Waals surface area contributed by atoms with Gasteiger partial charge in [0.2, 0.25) is 5.91 Å². The summed E-state index contributed by atoms with van der Waals surface area (Å²) in [6, 6.07) is 10.2. The van der Waals surface area contributed by atoms with Gasteiger partial charge in [0.25, 0.3) is 0 Å². The van der Waals surface area contributed by atoms with E-state index < -0.39 is 0 Å². The first-order valence-electron chi connectivity index (χ1n) is 11.1. The Balaban J connectivity index is 2.30. The molecule has 1 amide bonds. The molecule has 0 saturated carbocycles. The van der Waals surface area contributed by atoms with E-state index in [1.807, 2.05) is 23.1 Å². The Morgan fingerprint density at radius 3 is 2.04 bits per heavy atom. The molecule has 0 N–H and O–H groups in total. The normalized spacial score (nSPS) is 10.6. The number of carbonyl (C=O) groups excluding carboxylic acids is 2. The van der Waals surface area contributed by atoms with Gasteiger partial charge in [-0.05, 0) is 18.4 Å². The Morgan fingerprint density at radius 2 is 1.43 bits per heavy atom. The Hall–Kier alpha value is -1.84. The van der Waals surface area contributed by atoms with Gasteiger partial charge in [-0.25, -0.2) is 0 Å². The lowest BCUT2D eigenvalue weighted by Gasteiger charge is -2.22. The lowest BCUT2D eigenvalue weighted by atomic mass is 10.1. The maximum absolute atomic E-state index is 12.6. The number of hydrogen-bond donors (Lipinski definition) is 0. The average molecular weight is 390 g/mol. The van der Waals surface area contributed by atoms with Crippen LogP contribution in [0.3, 0.4) is 0 Å². The summed E-state index contributed by atoms with van der Waals surface area (Å²) in [5.41, 5.74) is 1.21. The van der Waals surface area contributed by atoms with Gasteiger partial charge >= 0.3 is 5.97 Å². The number of unbranched alkanes of at least 4 members (excludes halogenated alkanes) is 8. The molecule has 0 aliphatic heterocycles. The SMILES string of the molecule is CCCCCCCCCCCC(=O)N(CCC(=O)OC)CCc1ccccc1. The summed E-state index contributed by atoms with van der Waals surface area (Å²) in [5.74, 6) is -0.108. The van der Waals surface area contributed by atoms with E-state index in [9.17, 15) is 9.59 Å². The summed E-state index contributed by atoms with van der Waals surface area (Å²) in [7, 11) is 1.39. The molecule has 28 heavy (non-hydrogen) atoms. The van der Waals surface area contributed by atoms with Gasteiger partial charge in [0, 0.05) is 19.5 Å². The number of esters is 1. The molecule has 0 atom stereocenters. The highest BCUT2D eigenvalue weighted by molar-refractivity contribution is 5.77. The summed E-state index contributed by atoms with van der Waals surface area (Å²) in [5, 5.41) is 0. The first kappa shape index (κ1) is 24.2. The van der Waals surface area contributed by atoms with Crippen molar-refractivity contribution in [2.75, 3.05) is 20.2 Å². The molecule has 1 rings (SSSR count). The predicted octanol–water partition coefficient (Wildman–Crippen LogP) is 5.54. The highest BCUT2D eigenvalue weighted by Crippen LogP contribution is 2.12. The molecule has 0 saturated heterocycles. The highest BCUT2D eigenvalue weighted by Gasteiger charge is 2.15. The Kier molecular flexibility index (Phi) is 14.0. The maximum atomic E-state index is 12.6. The van der Waals surface area contributed by atoms with E-state index in [1.165, 1.54) is 57.6 Å². The van der Waals surface area contributed by atoms with Crippen LogP contribution in [0.5, 0.6) is 0 Å². The van der Waals surface area contributed by atoms with Crippen LogP contribution in [0.15, 0.2) is 30.3 Å². The maximum Gasteiger partial charge on any atom is 0.307 e. The smallest absolute Gasteiger partial charge is 0.307 e. The number of hydrogen-bond acceptors (Lipinski definition) is 3. The van der Waals surface area contributed by atoms with Crippen LogP contribution in [0.4, 0.5) is 0 Å². The van der Waals surface area contributed by atoms with Gasteiger partial charge in [-0.15, -0.1) is 0 Å². The van der Waals surface area contributed by atoms with Crippen molar-refractivity contribution in [1.82, 2.24) is 4.90 Å². The van der Waals surface area contributed by atoms with Gasteiger partial charge in [-0.2, -0.15) is 0 Å². The molecule has 0 aliphatic rings. The Labute approximate surface area is 171 Å². The van der Waals surface area contributed by atoms with Gasteiger partial charge in [0.1, 0.15) is 0 Å². The fourth-order valence-electron chi connectivity index (χ4n) is 3.34. The van der Waals surface area contributed by atoms with Crippen molar-refractivity contribution >= 4 is 11.9 Å². The number of benzene rings is 1. The van der Waals surface area contributed by atoms with E-state index in [4.69, 9.17) is 4.74 Å². The zero-order chi connectivity index (χ0) is 20.5. The lowest BCUT2D eigenvalue weighted by Crippen LogP contribution is -2.34. The van der Waals surface area contributed by atoms with Crippen molar-refractivity contribution in [3.05, 3.63) is 35.9 Å². The van der Waals surface area contributed by atoms with E-state index in [1.54, 1.807) is 0 Å². The van der Waals surface area contributed by atoms with Gasteiger partial charge in [0.15, 0.2) is 0 Å². The van der Waals surface area contributed by atoms with E-state index >= 15 is 0 Å². The first-order valence-corrected chi connectivity index (χ1v) is 11.1. The van der Waals surface area contributed by atoms with Crippen molar-refractivity contribution < 1.29 is 14.3 Å². The van der Waals surface area contributed by atoms with Crippen LogP contribution in [0.1, 0.15) is 83.1 Å². The standard InChI is InChI=1S/C24H39NO3/c1-3-4-5-6-7-8-9-10-14-17-23(26)25(21-19-24(27)28-2)20-18-22-15-12-11-13-16-22/h11-13,15-16H,3-10,14,17-21H2,1-2H3. The molecule has 0 unspecified atom stereocenters. The van der Waals surface area contributed by atoms with E-state index in [0.29, 0.717) is 19.5 Å². The Bertz CT molecular complexity index is 530. The van der Waals surface area contributed by atoms with Crippen LogP contribution in [0, 0.1) is 0 Å². The summed E-state index contributed by atoms with van der Waals surface area (Å²) in [4.78, 5) is 26.0. The molecular formula is C24H39NO3. The number of ether oxygens (including phenoxy) is 1. The lowest BCUT2D eigenvalue weighted by molar-refractivity contribution is -0.141. The van der Waals surface area contributed by atoms with Crippen LogP contribution >= 0.6 is 0 Å². The second-order valence-corrected chi connectivity index (χ2v) is 7.52. The highest BCUT2D eigenvalue weighted by atomic mass is 16.5. The molecule has 4 nitrogen and oxygen atoms in total. The zero-order valence-corrected chi connectivity index (χ0v) is 18.0. The first-order chi connectivity index (χ1) is 13.7. The molecule has 0 aromatic heterocycles. The van der Waals surface area contributed by atoms with Crippen molar-refractivity contribution in [3.63, 3.8) is 0 Å². The minimum absolute atomic E-state index is 0.155. The quantitative estimate of drug-likeness (QED) is 0.275. The monoisotopic (exact) mass is 389 g/mol. The number of amides is 1. The van der Waals surface area contributed by atoms with Gasteiger partial charge in [-0.3, -0.25) is 9.59 Å². The van der Waals surface area contributed by atoms with Gasteiger partial charge in [0.05, 0.1) is 13.5 Å². The molecular weight excluding hydrogens is 350 g/mol. The minimum atomic E-state index is -0.263. The molecule has 0 radical (unpaired) electrons. The van der Waals surface area contributed by atoms with E-state index in [0.717, 1.165) is 19.3 Å². The number of nitrogens with zero attached hydrogens (tertiary/aromatic N) is 1. The molecule has 4 heteroatoms.